The summed E-state index contributed by atoms with van der Waals surface area (Å²) in [5.74, 6) is -0.196. The van der Waals surface area contributed by atoms with Gasteiger partial charge < -0.3 is 5.32 Å². The summed E-state index contributed by atoms with van der Waals surface area (Å²) in [5, 5.41) is 3.35. The summed E-state index contributed by atoms with van der Waals surface area (Å²) in [6.07, 6.45) is 1.75. The number of aromatic nitrogens is 1. The number of aryl methyl sites for hydroxylation is 1. The maximum atomic E-state index is 13.8. The summed E-state index contributed by atoms with van der Waals surface area (Å²) in [6.45, 7) is 4.55. The zero-order valence-electron chi connectivity index (χ0n) is 11.3. The van der Waals surface area contributed by atoms with Gasteiger partial charge in [0.25, 0.3) is 0 Å². The van der Waals surface area contributed by atoms with Crippen LogP contribution in [0.25, 0.3) is 0 Å². The zero-order chi connectivity index (χ0) is 14.7. The Bertz CT molecular complexity index is 617. The van der Waals surface area contributed by atoms with E-state index in [1.54, 1.807) is 25.3 Å². The van der Waals surface area contributed by atoms with E-state index in [2.05, 4.69) is 42.2 Å². The molecule has 2 rings (SSSR count). The molecule has 0 aliphatic heterocycles. The lowest BCUT2D eigenvalue weighted by atomic mass is 10.0. The van der Waals surface area contributed by atoms with E-state index in [4.69, 9.17) is 0 Å². The fourth-order valence-corrected chi connectivity index (χ4v) is 3.22. The Balaban J connectivity index is 2.47. The predicted molar refractivity (Wildman–Crippen MR) is 86.3 cm³/mol. The van der Waals surface area contributed by atoms with Gasteiger partial charge in [0.1, 0.15) is 5.82 Å². The van der Waals surface area contributed by atoms with Crippen molar-refractivity contribution in [2.45, 2.75) is 19.9 Å². The summed E-state index contributed by atoms with van der Waals surface area (Å²) < 4.78 is 15.6. The van der Waals surface area contributed by atoms with E-state index in [0.29, 0.717) is 5.56 Å². The van der Waals surface area contributed by atoms with Crippen molar-refractivity contribution in [3.8, 4) is 0 Å². The Morgan fingerprint density at radius 1 is 1.30 bits per heavy atom. The molecular formula is C15H15Br2FN2. The molecule has 2 aromatic rings. The van der Waals surface area contributed by atoms with Crippen molar-refractivity contribution in [3.63, 3.8) is 0 Å². The zero-order valence-corrected chi connectivity index (χ0v) is 14.4. The third kappa shape index (κ3) is 3.45. The van der Waals surface area contributed by atoms with Crippen molar-refractivity contribution in [2.24, 2.45) is 0 Å². The average molecular weight is 402 g/mol. The van der Waals surface area contributed by atoms with Crippen LogP contribution in [-0.2, 0) is 0 Å². The highest BCUT2D eigenvalue weighted by atomic mass is 79.9. The summed E-state index contributed by atoms with van der Waals surface area (Å²) in [7, 11) is 0. The number of benzene rings is 1. The lowest BCUT2D eigenvalue weighted by molar-refractivity contribution is 0.589. The summed E-state index contributed by atoms with van der Waals surface area (Å²) in [5.41, 5.74) is 2.36. The van der Waals surface area contributed by atoms with Gasteiger partial charge in [-0.1, -0.05) is 19.1 Å². The first-order chi connectivity index (χ1) is 9.52. The first kappa shape index (κ1) is 15.6. The van der Waals surface area contributed by atoms with Crippen LogP contribution in [0, 0.1) is 12.7 Å². The van der Waals surface area contributed by atoms with Gasteiger partial charge in [-0.3, -0.25) is 4.98 Å². The fraction of sp³-hybridized carbons (Fsp3) is 0.267. The number of rotatable bonds is 4. The number of pyridine rings is 1. The Hall–Kier alpha value is -0.780. The Morgan fingerprint density at radius 3 is 2.65 bits per heavy atom. The normalized spacial score (nSPS) is 12.4. The Kier molecular flexibility index (Phi) is 5.29. The van der Waals surface area contributed by atoms with Crippen LogP contribution in [0.4, 0.5) is 4.39 Å². The molecule has 0 saturated heterocycles. The number of nitrogens with zero attached hydrogens (tertiary/aromatic N) is 1. The largest absolute Gasteiger partial charge is 0.305 e. The topological polar surface area (TPSA) is 24.9 Å². The molecular weight excluding hydrogens is 387 g/mol. The van der Waals surface area contributed by atoms with Crippen molar-refractivity contribution in [2.75, 3.05) is 6.54 Å². The highest BCUT2D eigenvalue weighted by Crippen LogP contribution is 2.29. The molecule has 1 aromatic heterocycles. The van der Waals surface area contributed by atoms with E-state index < -0.39 is 0 Å². The average Bonchev–Trinajstić information content (AvgIpc) is 2.40. The molecule has 1 atom stereocenters. The smallest absolute Gasteiger partial charge is 0.126 e. The maximum absolute atomic E-state index is 13.8. The van der Waals surface area contributed by atoms with Gasteiger partial charge in [-0.25, -0.2) is 4.39 Å². The summed E-state index contributed by atoms with van der Waals surface area (Å²) in [6, 6.07) is 7.09. The molecule has 0 bridgehead atoms. The van der Waals surface area contributed by atoms with Crippen LogP contribution >= 0.6 is 31.9 Å². The fourth-order valence-electron chi connectivity index (χ4n) is 2.00. The van der Waals surface area contributed by atoms with Crippen LogP contribution in [0.5, 0.6) is 0 Å². The summed E-state index contributed by atoms with van der Waals surface area (Å²) in [4.78, 5) is 4.45. The lowest BCUT2D eigenvalue weighted by Gasteiger charge is -2.19. The minimum absolute atomic E-state index is 0.141. The van der Waals surface area contributed by atoms with Crippen LogP contribution in [0.15, 0.2) is 39.4 Å². The van der Waals surface area contributed by atoms with Gasteiger partial charge in [-0.15, -0.1) is 0 Å². The Labute approximate surface area is 135 Å². The first-order valence-electron chi connectivity index (χ1n) is 6.33. The van der Waals surface area contributed by atoms with Crippen LogP contribution in [0.3, 0.4) is 0 Å². The highest BCUT2D eigenvalue weighted by Gasteiger charge is 2.18. The van der Waals surface area contributed by atoms with Gasteiger partial charge in [-0.05, 0) is 68.6 Å². The molecule has 2 nitrogen and oxygen atoms in total. The molecule has 0 amide bonds. The van der Waals surface area contributed by atoms with Gasteiger partial charge >= 0.3 is 0 Å². The molecule has 1 N–H and O–H groups in total. The maximum Gasteiger partial charge on any atom is 0.126 e. The molecule has 0 saturated carbocycles. The van der Waals surface area contributed by atoms with E-state index in [-0.39, 0.29) is 11.9 Å². The molecule has 1 aromatic carbocycles. The van der Waals surface area contributed by atoms with Gasteiger partial charge in [0.05, 0.1) is 11.7 Å². The quantitative estimate of drug-likeness (QED) is 0.799. The first-order valence-corrected chi connectivity index (χ1v) is 7.92. The van der Waals surface area contributed by atoms with Crippen molar-refractivity contribution < 1.29 is 4.39 Å². The predicted octanol–water partition coefficient (Wildman–Crippen LogP) is 4.75. The van der Waals surface area contributed by atoms with Crippen LogP contribution in [0.2, 0.25) is 0 Å². The second-order valence-electron chi connectivity index (χ2n) is 4.52. The molecule has 106 valence electrons. The third-order valence-electron chi connectivity index (χ3n) is 3.05. The number of hydrogen-bond acceptors (Lipinski definition) is 2. The molecule has 0 fully saturated rings. The molecule has 20 heavy (non-hydrogen) atoms. The van der Waals surface area contributed by atoms with Crippen molar-refractivity contribution in [1.29, 1.82) is 0 Å². The molecule has 1 heterocycles. The monoisotopic (exact) mass is 400 g/mol. The molecule has 0 radical (unpaired) electrons. The molecule has 1 unspecified atom stereocenters. The van der Waals surface area contributed by atoms with Gasteiger partial charge in [0, 0.05) is 15.1 Å². The SMILES string of the molecule is CCNC(c1ccc(C)c(F)c1)c1ncc(Br)cc1Br. The van der Waals surface area contributed by atoms with Crippen LogP contribution in [0.1, 0.15) is 29.8 Å². The molecule has 0 spiro atoms. The van der Waals surface area contributed by atoms with Gasteiger partial charge in [0.15, 0.2) is 0 Å². The lowest BCUT2D eigenvalue weighted by Crippen LogP contribution is -2.23. The second kappa shape index (κ2) is 6.78. The van der Waals surface area contributed by atoms with Crippen molar-refractivity contribution >= 4 is 31.9 Å². The third-order valence-corrected chi connectivity index (χ3v) is 4.12. The van der Waals surface area contributed by atoms with Gasteiger partial charge in [0.2, 0.25) is 0 Å². The van der Waals surface area contributed by atoms with Crippen molar-refractivity contribution in [3.05, 3.63) is 62.0 Å². The standard InChI is InChI=1S/C15H15Br2FN2/c1-3-19-14(10-5-4-9(2)13(18)6-10)15-12(17)7-11(16)8-20-15/h4-8,14,19H,3H2,1-2H3. The van der Waals surface area contributed by atoms with Crippen molar-refractivity contribution in [1.82, 2.24) is 10.3 Å². The Morgan fingerprint density at radius 2 is 2.05 bits per heavy atom. The molecule has 0 aliphatic rings. The highest BCUT2D eigenvalue weighted by molar-refractivity contribution is 9.11. The minimum atomic E-state index is -0.196. The van der Waals surface area contributed by atoms with Crippen LogP contribution < -0.4 is 5.32 Å². The van der Waals surface area contributed by atoms with Gasteiger partial charge in [-0.2, -0.15) is 0 Å². The number of hydrogen-bond donors (Lipinski definition) is 1. The van der Waals surface area contributed by atoms with E-state index in [1.807, 2.05) is 19.1 Å². The second-order valence-corrected chi connectivity index (χ2v) is 6.29. The van der Waals surface area contributed by atoms with E-state index in [9.17, 15) is 4.39 Å². The van der Waals surface area contributed by atoms with E-state index in [0.717, 1.165) is 26.7 Å². The summed E-state index contributed by atoms with van der Waals surface area (Å²) >= 11 is 6.91. The van der Waals surface area contributed by atoms with E-state index in [1.165, 1.54) is 0 Å². The number of nitrogens with one attached hydrogen (secondary N) is 1. The minimum Gasteiger partial charge on any atom is -0.305 e. The van der Waals surface area contributed by atoms with E-state index >= 15 is 0 Å². The molecule has 5 heteroatoms. The van der Waals surface area contributed by atoms with Crippen LogP contribution in [-0.4, -0.2) is 11.5 Å². The molecule has 0 aliphatic carbocycles. The number of halogens is 3.